The summed E-state index contributed by atoms with van der Waals surface area (Å²) in [7, 11) is 2.17. The number of benzene rings is 1. The van der Waals surface area contributed by atoms with E-state index in [-0.39, 0.29) is 6.61 Å². The van der Waals surface area contributed by atoms with E-state index in [9.17, 15) is 0 Å². The maximum absolute atomic E-state index is 8.50. The van der Waals surface area contributed by atoms with Crippen LogP contribution in [0.2, 0.25) is 0 Å². The van der Waals surface area contributed by atoms with Crippen LogP contribution in [0.25, 0.3) is 0 Å². The third kappa shape index (κ3) is 4.55. The number of rotatable bonds is 5. The van der Waals surface area contributed by atoms with E-state index in [4.69, 9.17) is 10.00 Å². The van der Waals surface area contributed by atoms with Gasteiger partial charge in [0, 0.05) is 12.6 Å². The van der Waals surface area contributed by atoms with Crippen molar-refractivity contribution in [2.75, 3.05) is 26.7 Å². The number of likely N-dealkylation sites (tertiary alicyclic amines) is 1. The fourth-order valence-corrected chi connectivity index (χ4v) is 2.34. The molecule has 0 bridgehead atoms. The number of nitrogens with zero attached hydrogens (tertiary/aromatic N) is 2. The lowest BCUT2D eigenvalue weighted by molar-refractivity contribution is 0.234. The molecular formula is C15H21N3O. The van der Waals surface area contributed by atoms with Crippen molar-refractivity contribution in [1.29, 1.82) is 5.26 Å². The Morgan fingerprint density at radius 1 is 1.42 bits per heavy atom. The molecule has 0 aliphatic carbocycles. The van der Waals surface area contributed by atoms with Gasteiger partial charge in [0.15, 0.2) is 6.61 Å². The first-order valence-electron chi connectivity index (χ1n) is 6.78. The number of nitrogens with one attached hydrogen (secondary N) is 1. The highest BCUT2D eigenvalue weighted by Crippen LogP contribution is 2.14. The number of ether oxygens (including phenoxy) is 1. The molecule has 0 spiro atoms. The minimum atomic E-state index is 0.103. The molecule has 4 heteroatoms. The first-order chi connectivity index (χ1) is 9.28. The van der Waals surface area contributed by atoms with Gasteiger partial charge in [-0.1, -0.05) is 12.1 Å². The molecule has 1 aromatic rings. The van der Waals surface area contributed by atoms with Gasteiger partial charge in [-0.25, -0.2) is 0 Å². The van der Waals surface area contributed by atoms with Crippen LogP contribution in [0.3, 0.4) is 0 Å². The molecule has 0 atom stereocenters. The molecule has 2 rings (SSSR count). The third-order valence-electron chi connectivity index (χ3n) is 3.52. The molecule has 0 aromatic heterocycles. The van der Waals surface area contributed by atoms with E-state index in [2.05, 4.69) is 23.3 Å². The maximum atomic E-state index is 8.50. The van der Waals surface area contributed by atoms with Crippen LogP contribution in [-0.4, -0.2) is 37.7 Å². The van der Waals surface area contributed by atoms with Gasteiger partial charge in [0.25, 0.3) is 0 Å². The Labute approximate surface area is 115 Å². The van der Waals surface area contributed by atoms with E-state index in [0.29, 0.717) is 6.04 Å². The van der Waals surface area contributed by atoms with Gasteiger partial charge in [-0.3, -0.25) is 0 Å². The predicted molar refractivity (Wildman–Crippen MR) is 74.9 cm³/mol. The van der Waals surface area contributed by atoms with Gasteiger partial charge < -0.3 is 15.0 Å². The van der Waals surface area contributed by atoms with Crippen molar-refractivity contribution in [2.24, 2.45) is 0 Å². The maximum Gasteiger partial charge on any atom is 0.174 e. The molecule has 1 aromatic carbocycles. The molecule has 1 saturated heterocycles. The normalized spacial score (nSPS) is 17.1. The zero-order valence-corrected chi connectivity index (χ0v) is 11.4. The lowest BCUT2D eigenvalue weighted by Crippen LogP contribution is -2.40. The van der Waals surface area contributed by atoms with Gasteiger partial charge in [0.2, 0.25) is 0 Å². The Hall–Kier alpha value is -1.57. The molecule has 0 unspecified atom stereocenters. The molecule has 1 N–H and O–H groups in total. The van der Waals surface area contributed by atoms with Crippen molar-refractivity contribution in [3.05, 3.63) is 29.8 Å². The minimum absolute atomic E-state index is 0.103. The van der Waals surface area contributed by atoms with Crippen LogP contribution in [-0.2, 0) is 6.54 Å². The molecule has 4 nitrogen and oxygen atoms in total. The van der Waals surface area contributed by atoms with Gasteiger partial charge in [-0.05, 0) is 50.7 Å². The number of hydrogen-bond donors (Lipinski definition) is 1. The Balaban J connectivity index is 1.80. The van der Waals surface area contributed by atoms with Crippen molar-refractivity contribution >= 4 is 0 Å². The number of hydrogen-bond acceptors (Lipinski definition) is 4. The van der Waals surface area contributed by atoms with Crippen LogP contribution < -0.4 is 10.1 Å². The summed E-state index contributed by atoms with van der Waals surface area (Å²) in [5, 5.41) is 12.1. The lowest BCUT2D eigenvalue weighted by Gasteiger charge is -2.29. The van der Waals surface area contributed by atoms with Crippen LogP contribution in [0.1, 0.15) is 18.4 Å². The second kappa shape index (κ2) is 7.13. The first kappa shape index (κ1) is 13.9. The highest BCUT2D eigenvalue weighted by molar-refractivity contribution is 5.28. The van der Waals surface area contributed by atoms with E-state index < -0.39 is 0 Å². The number of nitriles is 1. The van der Waals surface area contributed by atoms with Crippen molar-refractivity contribution in [1.82, 2.24) is 10.2 Å². The summed E-state index contributed by atoms with van der Waals surface area (Å²) in [6, 6.07) is 10.5. The Morgan fingerprint density at radius 3 is 2.95 bits per heavy atom. The topological polar surface area (TPSA) is 48.3 Å². The largest absolute Gasteiger partial charge is 0.479 e. The van der Waals surface area contributed by atoms with Crippen molar-refractivity contribution in [3.8, 4) is 11.8 Å². The predicted octanol–water partition coefficient (Wildman–Crippen LogP) is 1.77. The lowest BCUT2D eigenvalue weighted by atomic mass is 10.1. The van der Waals surface area contributed by atoms with Crippen LogP contribution in [0, 0.1) is 11.3 Å². The number of piperidine rings is 1. The highest BCUT2D eigenvalue weighted by Gasteiger charge is 2.15. The SMILES string of the molecule is CN1CCC(NCc2cccc(OCC#N)c2)CC1. The standard InChI is InChI=1S/C15H21N3O/c1-18-8-5-14(6-9-18)17-12-13-3-2-4-15(11-13)19-10-7-16/h2-4,11,14,17H,5-6,8-10,12H2,1H3. The zero-order valence-electron chi connectivity index (χ0n) is 11.4. The smallest absolute Gasteiger partial charge is 0.174 e. The van der Waals surface area contributed by atoms with Gasteiger partial charge in [0.1, 0.15) is 11.8 Å². The Morgan fingerprint density at radius 2 is 2.21 bits per heavy atom. The Bertz CT molecular complexity index is 433. The average molecular weight is 259 g/mol. The molecule has 0 saturated carbocycles. The second-order valence-corrected chi connectivity index (χ2v) is 5.05. The van der Waals surface area contributed by atoms with E-state index in [0.717, 1.165) is 12.3 Å². The monoisotopic (exact) mass is 259 g/mol. The van der Waals surface area contributed by atoms with Crippen LogP contribution in [0.15, 0.2) is 24.3 Å². The minimum Gasteiger partial charge on any atom is -0.479 e. The van der Waals surface area contributed by atoms with Crippen LogP contribution in [0.5, 0.6) is 5.75 Å². The van der Waals surface area contributed by atoms with E-state index in [1.807, 2.05) is 24.3 Å². The van der Waals surface area contributed by atoms with Crippen molar-refractivity contribution in [2.45, 2.75) is 25.4 Å². The second-order valence-electron chi connectivity index (χ2n) is 5.05. The highest BCUT2D eigenvalue weighted by atomic mass is 16.5. The van der Waals surface area contributed by atoms with Gasteiger partial charge in [-0.15, -0.1) is 0 Å². The summed E-state index contributed by atoms with van der Waals surface area (Å²) in [6.07, 6.45) is 2.42. The van der Waals surface area contributed by atoms with E-state index in [1.54, 1.807) is 0 Å². The molecule has 19 heavy (non-hydrogen) atoms. The molecule has 1 fully saturated rings. The van der Waals surface area contributed by atoms with Crippen molar-refractivity contribution in [3.63, 3.8) is 0 Å². The Kier molecular flexibility index (Phi) is 5.20. The summed E-state index contributed by atoms with van der Waals surface area (Å²) >= 11 is 0. The molecule has 1 aliphatic rings. The quantitative estimate of drug-likeness (QED) is 0.875. The summed E-state index contributed by atoms with van der Waals surface area (Å²) in [5.74, 6) is 0.768. The van der Waals surface area contributed by atoms with Gasteiger partial charge in [-0.2, -0.15) is 5.26 Å². The van der Waals surface area contributed by atoms with E-state index >= 15 is 0 Å². The summed E-state index contributed by atoms with van der Waals surface area (Å²) in [6.45, 7) is 3.30. The molecule has 0 amide bonds. The van der Waals surface area contributed by atoms with Gasteiger partial charge >= 0.3 is 0 Å². The first-order valence-corrected chi connectivity index (χ1v) is 6.78. The van der Waals surface area contributed by atoms with Crippen molar-refractivity contribution < 1.29 is 4.74 Å². The van der Waals surface area contributed by atoms with E-state index in [1.165, 1.54) is 31.5 Å². The van der Waals surface area contributed by atoms with Crippen LogP contribution >= 0.6 is 0 Å². The molecule has 102 valence electrons. The molecule has 1 aliphatic heterocycles. The van der Waals surface area contributed by atoms with Crippen LogP contribution in [0.4, 0.5) is 0 Å². The fourth-order valence-electron chi connectivity index (χ4n) is 2.34. The summed E-state index contributed by atoms with van der Waals surface area (Å²) < 4.78 is 5.31. The summed E-state index contributed by atoms with van der Waals surface area (Å²) in [5.41, 5.74) is 1.20. The molecule has 0 radical (unpaired) electrons. The molecular weight excluding hydrogens is 238 g/mol. The third-order valence-corrected chi connectivity index (χ3v) is 3.52. The summed E-state index contributed by atoms with van der Waals surface area (Å²) in [4.78, 5) is 2.37. The molecule has 1 heterocycles. The zero-order chi connectivity index (χ0) is 13.5. The van der Waals surface area contributed by atoms with Gasteiger partial charge in [0.05, 0.1) is 0 Å². The average Bonchev–Trinajstić information content (AvgIpc) is 2.45. The fraction of sp³-hybridized carbons (Fsp3) is 0.533.